The molecule has 3 aromatic heterocycles. The van der Waals surface area contributed by atoms with Crippen LogP contribution in [0.4, 0.5) is 10.2 Å². The van der Waals surface area contributed by atoms with Gasteiger partial charge in [0.25, 0.3) is 0 Å². The average molecular weight is 518 g/mol. The molecule has 9 nitrogen and oxygen atoms in total. The molecule has 4 aromatic rings. The van der Waals surface area contributed by atoms with Gasteiger partial charge < -0.3 is 15.1 Å². The Bertz CT molecular complexity index is 1460. The third kappa shape index (κ3) is 4.99. The fourth-order valence-electron chi connectivity index (χ4n) is 4.88. The molecule has 38 heavy (non-hydrogen) atoms. The molecule has 1 saturated carbocycles. The molecule has 1 atom stereocenters. The van der Waals surface area contributed by atoms with Crippen molar-refractivity contribution in [2.45, 2.75) is 51.0 Å². The van der Waals surface area contributed by atoms with Gasteiger partial charge in [-0.05, 0) is 38.8 Å². The minimum Gasteiger partial charge on any atom is -0.387 e. The third-order valence-electron chi connectivity index (χ3n) is 7.32. The maximum atomic E-state index is 14.2. The normalized spacial score (nSPS) is 17.8. The van der Waals surface area contributed by atoms with Crippen LogP contribution in [0.5, 0.6) is 0 Å². The Hall–Kier alpha value is -3.47. The van der Waals surface area contributed by atoms with E-state index in [1.165, 1.54) is 6.07 Å². The number of fused-ring (bicyclic) bond motifs is 1. The highest BCUT2D eigenvalue weighted by molar-refractivity contribution is 5.83. The summed E-state index contributed by atoms with van der Waals surface area (Å²) in [6.45, 7) is 6.64. The van der Waals surface area contributed by atoms with Crippen LogP contribution in [0, 0.1) is 5.82 Å². The zero-order valence-corrected chi connectivity index (χ0v) is 21.6. The number of anilines is 1. The number of pyridine rings is 1. The van der Waals surface area contributed by atoms with Gasteiger partial charge in [-0.1, -0.05) is 18.2 Å². The maximum absolute atomic E-state index is 14.2. The average Bonchev–Trinajstić information content (AvgIpc) is 3.65. The summed E-state index contributed by atoms with van der Waals surface area (Å²) in [4.78, 5) is 18.8. The van der Waals surface area contributed by atoms with E-state index in [9.17, 15) is 14.6 Å². The van der Waals surface area contributed by atoms with Gasteiger partial charge in [0.05, 0.1) is 35.2 Å². The van der Waals surface area contributed by atoms with Crippen LogP contribution in [0.3, 0.4) is 0 Å². The van der Waals surface area contributed by atoms with Gasteiger partial charge >= 0.3 is 0 Å². The van der Waals surface area contributed by atoms with E-state index >= 15 is 0 Å². The fraction of sp³-hybridized carbons (Fsp3) is 0.429. The molecule has 1 aromatic carbocycles. The first-order valence-electron chi connectivity index (χ1n) is 13.1. The first kappa shape index (κ1) is 24.8. The minimum atomic E-state index is -1.34. The maximum Gasteiger partial charge on any atom is 0.156 e. The zero-order valence-electron chi connectivity index (χ0n) is 21.6. The van der Waals surface area contributed by atoms with Crippen LogP contribution in [-0.4, -0.2) is 71.6 Å². The van der Waals surface area contributed by atoms with Crippen LogP contribution in [0.15, 0.2) is 48.9 Å². The van der Waals surface area contributed by atoms with E-state index in [1.807, 2.05) is 29.2 Å². The molecule has 1 aliphatic heterocycles. The predicted octanol–water partition coefficient (Wildman–Crippen LogP) is 3.49. The zero-order chi connectivity index (χ0) is 26.4. The van der Waals surface area contributed by atoms with Crippen molar-refractivity contribution < 1.29 is 14.6 Å². The molecule has 2 fully saturated rings. The van der Waals surface area contributed by atoms with Gasteiger partial charge in [-0.3, -0.25) is 14.6 Å². The number of rotatable bonds is 7. The van der Waals surface area contributed by atoms with Gasteiger partial charge in [-0.15, -0.1) is 0 Å². The number of hydrogen-bond donors (Lipinski definition) is 2. The topological polar surface area (TPSA) is 103 Å². The van der Waals surface area contributed by atoms with E-state index in [2.05, 4.69) is 19.9 Å². The molecule has 10 heteroatoms. The first-order valence-corrected chi connectivity index (χ1v) is 13.1. The predicted molar refractivity (Wildman–Crippen MR) is 142 cm³/mol. The van der Waals surface area contributed by atoms with Gasteiger partial charge in [-0.25, -0.2) is 14.4 Å². The molecule has 2 aliphatic rings. The first-order chi connectivity index (χ1) is 18.3. The largest absolute Gasteiger partial charge is 0.387 e. The molecule has 6 rings (SSSR count). The van der Waals surface area contributed by atoms with Crippen LogP contribution in [0.25, 0.3) is 22.3 Å². The lowest BCUT2D eigenvalue weighted by molar-refractivity contribution is -0.0516. The Morgan fingerprint density at radius 2 is 1.82 bits per heavy atom. The van der Waals surface area contributed by atoms with Gasteiger partial charge in [0.1, 0.15) is 23.1 Å². The Labute approximate surface area is 220 Å². The summed E-state index contributed by atoms with van der Waals surface area (Å²) in [6, 6.07) is 9.06. The summed E-state index contributed by atoms with van der Waals surface area (Å²) in [5.41, 5.74) is 2.51. The van der Waals surface area contributed by atoms with E-state index in [0.717, 1.165) is 56.1 Å². The molecular formula is C28H32FN7O2. The standard InChI is InChI=1S/C28H32FN7O2/c1-28(2,38)26(37)23-13-22-24(15-30-23)33-27(25(32-22)19-14-31-36(17-19)20-7-8-20)35-11-9-34(10-12-35)16-18-5-3-4-6-21(18)29/h3-6,13-15,17,20,26,37-38H,7-12,16H2,1-2H3/t26-/m1/s1. The minimum absolute atomic E-state index is 0.174. The van der Waals surface area contributed by atoms with Gasteiger partial charge in [-0.2, -0.15) is 5.10 Å². The molecule has 0 unspecified atom stereocenters. The van der Waals surface area contributed by atoms with Crippen molar-refractivity contribution in [1.29, 1.82) is 0 Å². The summed E-state index contributed by atoms with van der Waals surface area (Å²) in [6.07, 6.45) is 6.56. The van der Waals surface area contributed by atoms with E-state index in [-0.39, 0.29) is 5.82 Å². The number of halogens is 1. The van der Waals surface area contributed by atoms with Crippen LogP contribution in [0.1, 0.15) is 50.1 Å². The molecule has 0 spiro atoms. The molecular weight excluding hydrogens is 485 g/mol. The SMILES string of the molecule is CC(C)(O)[C@H](O)c1cc2nc(-c3cnn(C4CC4)c3)c(N3CCN(Cc4ccccc4F)CC3)nc2cn1. The third-order valence-corrected chi connectivity index (χ3v) is 7.32. The Morgan fingerprint density at radius 3 is 2.53 bits per heavy atom. The monoisotopic (exact) mass is 517 g/mol. The van der Waals surface area contributed by atoms with E-state index in [4.69, 9.17) is 9.97 Å². The molecule has 4 heterocycles. The quantitative estimate of drug-likeness (QED) is 0.384. The lowest BCUT2D eigenvalue weighted by atomic mass is 9.98. The molecule has 0 amide bonds. The lowest BCUT2D eigenvalue weighted by Crippen LogP contribution is -2.46. The molecule has 0 radical (unpaired) electrons. The van der Waals surface area contributed by atoms with Crippen molar-refractivity contribution in [1.82, 2.24) is 29.6 Å². The Kier molecular flexibility index (Phi) is 6.33. The fourth-order valence-corrected chi connectivity index (χ4v) is 4.88. The summed E-state index contributed by atoms with van der Waals surface area (Å²) in [5.74, 6) is 0.586. The molecule has 0 bridgehead atoms. The molecule has 198 valence electrons. The summed E-state index contributed by atoms with van der Waals surface area (Å²) < 4.78 is 16.2. The highest BCUT2D eigenvalue weighted by atomic mass is 19.1. The van der Waals surface area contributed by atoms with Crippen molar-refractivity contribution in [3.63, 3.8) is 0 Å². The summed E-state index contributed by atoms with van der Waals surface area (Å²) in [7, 11) is 0. The summed E-state index contributed by atoms with van der Waals surface area (Å²) >= 11 is 0. The number of piperazine rings is 1. The smallest absolute Gasteiger partial charge is 0.156 e. The van der Waals surface area contributed by atoms with E-state index < -0.39 is 11.7 Å². The number of hydrogen-bond acceptors (Lipinski definition) is 8. The number of benzene rings is 1. The Morgan fingerprint density at radius 1 is 1.05 bits per heavy atom. The van der Waals surface area contributed by atoms with Crippen molar-refractivity contribution in [3.8, 4) is 11.3 Å². The van der Waals surface area contributed by atoms with Crippen LogP contribution < -0.4 is 4.90 Å². The highest BCUT2D eigenvalue weighted by Crippen LogP contribution is 2.37. The van der Waals surface area contributed by atoms with Crippen LogP contribution >= 0.6 is 0 Å². The number of nitrogens with zero attached hydrogens (tertiary/aromatic N) is 7. The van der Waals surface area contributed by atoms with Gasteiger partial charge in [0.15, 0.2) is 5.82 Å². The Balaban J connectivity index is 1.32. The van der Waals surface area contributed by atoms with Crippen molar-refractivity contribution >= 4 is 16.9 Å². The second kappa shape index (κ2) is 9.68. The van der Waals surface area contributed by atoms with Crippen LogP contribution in [-0.2, 0) is 6.54 Å². The summed E-state index contributed by atoms with van der Waals surface area (Å²) in [5, 5.41) is 25.4. The van der Waals surface area contributed by atoms with Crippen molar-refractivity contribution in [2.75, 3.05) is 31.1 Å². The van der Waals surface area contributed by atoms with E-state index in [0.29, 0.717) is 34.9 Å². The highest BCUT2D eigenvalue weighted by Gasteiger charge is 2.29. The number of aliphatic hydroxyl groups is 2. The second-order valence-electron chi connectivity index (χ2n) is 10.8. The van der Waals surface area contributed by atoms with Crippen LogP contribution in [0.2, 0.25) is 0 Å². The van der Waals surface area contributed by atoms with Crippen molar-refractivity contribution in [2.24, 2.45) is 0 Å². The van der Waals surface area contributed by atoms with Gasteiger partial charge in [0.2, 0.25) is 0 Å². The lowest BCUT2D eigenvalue weighted by Gasteiger charge is -2.36. The number of aliphatic hydroxyl groups excluding tert-OH is 1. The van der Waals surface area contributed by atoms with Crippen molar-refractivity contribution in [3.05, 3.63) is 66.0 Å². The number of aromatic nitrogens is 5. The van der Waals surface area contributed by atoms with E-state index in [1.54, 1.807) is 32.2 Å². The molecule has 2 N–H and O–H groups in total. The molecule has 1 saturated heterocycles. The second-order valence-corrected chi connectivity index (χ2v) is 10.8. The van der Waals surface area contributed by atoms with Gasteiger partial charge in [0, 0.05) is 50.0 Å². The molecule has 1 aliphatic carbocycles.